The number of fused-ring (bicyclic) bond motifs is 1. The summed E-state index contributed by atoms with van der Waals surface area (Å²) < 4.78 is 10.8. The van der Waals surface area contributed by atoms with Gasteiger partial charge in [-0.3, -0.25) is 9.89 Å². The summed E-state index contributed by atoms with van der Waals surface area (Å²) in [7, 11) is 1.52. The molecule has 9 heteroatoms. The third-order valence-electron chi connectivity index (χ3n) is 4.10. The summed E-state index contributed by atoms with van der Waals surface area (Å²) >= 11 is 1.15. The topological polar surface area (TPSA) is 112 Å². The zero-order valence-corrected chi connectivity index (χ0v) is 14.4. The molecule has 1 aromatic carbocycles. The van der Waals surface area contributed by atoms with Gasteiger partial charge in [-0.15, -0.1) is 0 Å². The number of aliphatic hydroxyl groups excluding tert-OH is 3. The van der Waals surface area contributed by atoms with E-state index in [1.54, 1.807) is 0 Å². The number of benzene rings is 1. The van der Waals surface area contributed by atoms with Crippen molar-refractivity contribution in [2.45, 2.75) is 36.4 Å². The van der Waals surface area contributed by atoms with Crippen LogP contribution < -0.4 is 0 Å². The minimum Gasteiger partial charge on any atom is -0.444 e. The number of hydrogen-bond acceptors (Lipinski definition) is 8. The number of carbonyl (C=O) groups excluding carboxylic acids is 1. The Morgan fingerprint density at radius 2 is 2.04 bits per heavy atom. The van der Waals surface area contributed by atoms with E-state index in [2.05, 4.69) is 4.99 Å². The minimum absolute atomic E-state index is 0.138. The number of aliphatic imine (C=N–C) groups is 1. The van der Waals surface area contributed by atoms with E-state index in [1.165, 1.54) is 11.9 Å². The molecule has 25 heavy (non-hydrogen) atoms. The van der Waals surface area contributed by atoms with Gasteiger partial charge in [-0.25, -0.2) is 4.79 Å². The highest BCUT2D eigenvalue weighted by molar-refractivity contribution is 8.14. The Labute approximate surface area is 149 Å². The molecule has 1 amide bonds. The van der Waals surface area contributed by atoms with Gasteiger partial charge in [-0.05, 0) is 5.56 Å². The van der Waals surface area contributed by atoms with Crippen LogP contribution in [0.4, 0.5) is 4.79 Å². The second-order valence-electron chi connectivity index (χ2n) is 5.83. The van der Waals surface area contributed by atoms with Gasteiger partial charge in [0.05, 0.1) is 6.61 Å². The van der Waals surface area contributed by atoms with Crippen molar-refractivity contribution in [1.29, 1.82) is 0 Å². The Bertz CT molecular complexity index is 643. The first kappa shape index (κ1) is 18.2. The first-order valence-corrected chi connectivity index (χ1v) is 8.70. The van der Waals surface area contributed by atoms with Crippen LogP contribution in [0.25, 0.3) is 0 Å². The number of thioether (sulfide) groups is 1. The Balaban J connectivity index is 1.61. The molecule has 3 N–H and O–H groups in total. The lowest BCUT2D eigenvalue weighted by Crippen LogP contribution is -2.55. The molecular formula is C16H20N2O6S. The third kappa shape index (κ3) is 3.80. The van der Waals surface area contributed by atoms with Crippen molar-refractivity contribution in [2.75, 3.05) is 13.7 Å². The first-order valence-electron chi connectivity index (χ1n) is 7.82. The molecule has 136 valence electrons. The SMILES string of the molecule is CN(C(=O)OCc1ccccc1)C1=N[C@@H]2[C@@H](O)[C@H](O)[C@@H](CO)O[C@@H]2S1. The van der Waals surface area contributed by atoms with Crippen molar-refractivity contribution in [2.24, 2.45) is 4.99 Å². The molecule has 0 radical (unpaired) electrons. The summed E-state index contributed by atoms with van der Waals surface area (Å²) in [5, 5.41) is 29.6. The highest BCUT2D eigenvalue weighted by Crippen LogP contribution is 2.37. The van der Waals surface area contributed by atoms with E-state index in [0.717, 1.165) is 17.3 Å². The molecule has 1 saturated heterocycles. The fraction of sp³-hybridized carbons (Fsp3) is 0.500. The molecule has 0 saturated carbocycles. The molecule has 1 fully saturated rings. The van der Waals surface area contributed by atoms with Crippen LogP contribution >= 0.6 is 11.8 Å². The molecular weight excluding hydrogens is 348 g/mol. The lowest BCUT2D eigenvalue weighted by atomic mass is 9.99. The third-order valence-corrected chi connectivity index (χ3v) is 5.31. The van der Waals surface area contributed by atoms with Gasteiger partial charge in [0.2, 0.25) is 0 Å². The second kappa shape index (κ2) is 7.71. The predicted molar refractivity (Wildman–Crippen MR) is 91.0 cm³/mol. The number of hydrogen-bond donors (Lipinski definition) is 3. The number of carbonyl (C=O) groups is 1. The maximum absolute atomic E-state index is 12.2. The summed E-state index contributed by atoms with van der Waals surface area (Å²) in [5.41, 5.74) is 0.293. The van der Waals surface area contributed by atoms with Crippen molar-refractivity contribution in [3.05, 3.63) is 35.9 Å². The van der Waals surface area contributed by atoms with E-state index in [9.17, 15) is 20.1 Å². The van der Waals surface area contributed by atoms with E-state index in [0.29, 0.717) is 5.17 Å². The molecule has 0 bridgehead atoms. The lowest BCUT2D eigenvalue weighted by Gasteiger charge is -2.37. The first-order chi connectivity index (χ1) is 12.0. The molecule has 3 rings (SSSR count). The maximum atomic E-state index is 12.2. The summed E-state index contributed by atoms with van der Waals surface area (Å²) in [4.78, 5) is 17.7. The number of rotatable bonds is 3. The van der Waals surface area contributed by atoms with Gasteiger partial charge in [0.25, 0.3) is 0 Å². The van der Waals surface area contributed by atoms with Crippen LogP contribution in [0.5, 0.6) is 0 Å². The van der Waals surface area contributed by atoms with Crippen LogP contribution in [0.2, 0.25) is 0 Å². The summed E-state index contributed by atoms with van der Waals surface area (Å²) in [6.07, 6.45) is -3.86. The monoisotopic (exact) mass is 368 g/mol. The van der Waals surface area contributed by atoms with Crippen LogP contribution in [-0.4, -0.2) is 74.9 Å². The smallest absolute Gasteiger partial charge is 0.415 e. The van der Waals surface area contributed by atoms with Crippen LogP contribution in [0, 0.1) is 0 Å². The Morgan fingerprint density at radius 3 is 2.72 bits per heavy atom. The number of amides is 1. The van der Waals surface area contributed by atoms with Crippen molar-refractivity contribution < 1.29 is 29.6 Å². The van der Waals surface area contributed by atoms with Crippen molar-refractivity contribution >= 4 is 23.0 Å². The highest BCUT2D eigenvalue weighted by Gasteiger charge is 2.48. The molecule has 8 nitrogen and oxygen atoms in total. The van der Waals surface area contributed by atoms with Crippen LogP contribution in [0.1, 0.15) is 5.56 Å². The molecule has 5 atom stereocenters. The Morgan fingerprint density at radius 1 is 1.32 bits per heavy atom. The van der Waals surface area contributed by atoms with Crippen molar-refractivity contribution in [3.63, 3.8) is 0 Å². The number of aliphatic hydroxyl groups is 3. The van der Waals surface area contributed by atoms with Gasteiger partial charge >= 0.3 is 6.09 Å². The van der Waals surface area contributed by atoms with Gasteiger partial charge < -0.3 is 24.8 Å². The molecule has 2 aliphatic rings. The number of ether oxygens (including phenoxy) is 2. The second-order valence-corrected chi connectivity index (χ2v) is 6.89. The standard InChI is InChI=1S/C16H20N2O6S/c1-18(16(22)23-8-9-5-3-2-4-6-9)15-17-11-13(21)12(20)10(7-19)24-14(11)25-15/h2-6,10-14,19-21H,7-8H2,1H3/t10-,11-,12-,13-,14-/m1/s1. The predicted octanol–water partition coefficient (Wildman–Crippen LogP) is 0.165. The average Bonchev–Trinajstić information content (AvgIpc) is 3.07. The van der Waals surface area contributed by atoms with Gasteiger partial charge in [-0.1, -0.05) is 42.1 Å². The van der Waals surface area contributed by atoms with Crippen LogP contribution in [0.15, 0.2) is 35.3 Å². The number of nitrogens with zero attached hydrogens (tertiary/aromatic N) is 2. The molecule has 0 aliphatic carbocycles. The quantitative estimate of drug-likeness (QED) is 0.697. The van der Waals surface area contributed by atoms with E-state index >= 15 is 0 Å². The maximum Gasteiger partial charge on any atom is 0.415 e. The fourth-order valence-electron chi connectivity index (χ4n) is 2.62. The molecule has 2 aliphatic heterocycles. The normalized spacial score (nSPS) is 31.2. The largest absolute Gasteiger partial charge is 0.444 e. The van der Waals surface area contributed by atoms with Gasteiger partial charge in [0.15, 0.2) is 5.17 Å². The zero-order valence-electron chi connectivity index (χ0n) is 13.6. The average molecular weight is 368 g/mol. The molecule has 2 heterocycles. The zero-order chi connectivity index (χ0) is 18.0. The van der Waals surface area contributed by atoms with Gasteiger partial charge in [0, 0.05) is 7.05 Å². The molecule has 0 unspecified atom stereocenters. The van der Waals surface area contributed by atoms with Gasteiger partial charge in [0.1, 0.15) is 36.4 Å². The van der Waals surface area contributed by atoms with E-state index in [-0.39, 0.29) is 6.61 Å². The minimum atomic E-state index is -1.23. The highest BCUT2D eigenvalue weighted by atomic mass is 32.2. The lowest BCUT2D eigenvalue weighted by molar-refractivity contribution is -0.164. The van der Waals surface area contributed by atoms with Crippen molar-refractivity contribution in [1.82, 2.24) is 4.90 Å². The summed E-state index contributed by atoms with van der Waals surface area (Å²) in [6.45, 7) is -0.272. The van der Waals surface area contributed by atoms with Crippen molar-refractivity contribution in [3.8, 4) is 0 Å². The van der Waals surface area contributed by atoms with Crippen LogP contribution in [0.3, 0.4) is 0 Å². The van der Waals surface area contributed by atoms with E-state index < -0.39 is 42.5 Å². The van der Waals surface area contributed by atoms with E-state index in [1.807, 2.05) is 30.3 Å². The van der Waals surface area contributed by atoms with E-state index in [4.69, 9.17) is 9.47 Å². The van der Waals surface area contributed by atoms with Gasteiger partial charge in [-0.2, -0.15) is 0 Å². The fourth-order valence-corrected chi connectivity index (χ4v) is 3.81. The van der Waals surface area contributed by atoms with Crippen LogP contribution in [-0.2, 0) is 16.1 Å². The Hall–Kier alpha value is -1.65. The summed E-state index contributed by atoms with van der Waals surface area (Å²) in [5.74, 6) is 0. The molecule has 1 aromatic rings. The molecule has 0 spiro atoms. The Kier molecular flexibility index (Phi) is 5.60. The summed E-state index contributed by atoms with van der Waals surface area (Å²) in [6, 6.07) is 8.59. The number of amidine groups is 1. The molecule has 0 aromatic heterocycles.